The number of ether oxygens (including phenoxy) is 2. The predicted octanol–water partition coefficient (Wildman–Crippen LogP) is -0.535. The van der Waals surface area contributed by atoms with Crippen molar-refractivity contribution in [2.75, 3.05) is 6.61 Å². The second-order valence-electron chi connectivity index (χ2n) is 6.23. The van der Waals surface area contributed by atoms with E-state index in [1.807, 2.05) is 0 Å². The quantitative estimate of drug-likeness (QED) is 0.379. The molecule has 134 valence electrons. The summed E-state index contributed by atoms with van der Waals surface area (Å²) in [4.78, 5) is 0. The van der Waals surface area contributed by atoms with Gasteiger partial charge in [-0.25, -0.2) is 0 Å². The smallest absolute Gasteiger partial charge is 0.187 e. The van der Waals surface area contributed by atoms with Gasteiger partial charge in [0.25, 0.3) is 0 Å². The van der Waals surface area contributed by atoms with Crippen molar-refractivity contribution in [1.82, 2.24) is 0 Å². The fourth-order valence-electron chi connectivity index (χ4n) is 2.31. The third kappa shape index (κ3) is 5.09. The van der Waals surface area contributed by atoms with E-state index in [1.54, 1.807) is 13.8 Å². The van der Waals surface area contributed by atoms with Gasteiger partial charge in [-0.05, 0) is 26.7 Å². The van der Waals surface area contributed by atoms with Crippen LogP contribution in [0.5, 0.6) is 0 Å². The summed E-state index contributed by atoms with van der Waals surface area (Å²) in [6.07, 6.45) is -5.11. The summed E-state index contributed by atoms with van der Waals surface area (Å²) in [5.41, 5.74) is -0.311. The van der Waals surface area contributed by atoms with Crippen LogP contribution in [0.3, 0.4) is 0 Å². The maximum atomic E-state index is 10.0. The minimum absolute atomic E-state index is 0.370. The highest BCUT2D eigenvalue weighted by Gasteiger charge is 2.46. The van der Waals surface area contributed by atoms with Crippen molar-refractivity contribution in [3.05, 3.63) is 24.8 Å². The number of aliphatic hydroxyl groups is 5. The van der Waals surface area contributed by atoms with E-state index < -0.39 is 49.0 Å². The Labute approximate surface area is 136 Å². The van der Waals surface area contributed by atoms with Crippen LogP contribution in [0.25, 0.3) is 0 Å². The summed E-state index contributed by atoms with van der Waals surface area (Å²) in [6.45, 7) is 10.3. The van der Waals surface area contributed by atoms with Crippen LogP contribution >= 0.6 is 0 Å². The summed E-state index contributed by atoms with van der Waals surface area (Å²) in [6, 6.07) is 0. The van der Waals surface area contributed by atoms with Crippen molar-refractivity contribution < 1.29 is 35.0 Å². The molecule has 1 aliphatic heterocycles. The van der Waals surface area contributed by atoms with Crippen molar-refractivity contribution in [2.24, 2.45) is 0 Å². The van der Waals surface area contributed by atoms with Crippen LogP contribution in [0.4, 0.5) is 0 Å². The molecule has 7 heteroatoms. The molecule has 0 unspecified atom stereocenters. The molecule has 1 rings (SSSR count). The van der Waals surface area contributed by atoms with Crippen molar-refractivity contribution in [3.8, 4) is 0 Å². The Hall–Kier alpha value is -0.800. The lowest BCUT2D eigenvalue weighted by molar-refractivity contribution is -0.320. The fraction of sp³-hybridized carbons (Fsp3) is 0.750. The minimum Gasteiger partial charge on any atom is -0.394 e. The topological polar surface area (TPSA) is 120 Å². The van der Waals surface area contributed by atoms with Gasteiger partial charge < -0.3 is 35.0 Å². The van der Waals surface area contributed by atoms with Gasteiger partial charge in [0.2, 0.25) is 0 Å². The average Bonchev–Trinajstić information content (AvgIpc) is 2.53. The molecule has 0 aromatic rings. The van der Waals surface area contributed by atoms with Gasteiger partial charge in [-0.3, -0.25) is 0 Å². The average molecular weight is 332 g/mol. The molecule has 1 saturated heterocycles. The molecule has 0 saturated carbocycles. The second kappa shape index (κ2) is 8.34. The third-order valence-corrected chi connectivity index (χ3v) is 4.15. The van der Waals surface area contributed by atoms with E-state index in [0.717, 1.165) is 0 Å². The molecule has 7 atom stereocenters. The van der Waals surface area contributed by atoms with Crippen molar-refractivity contribution in [3.63, 3.8) is 0 Å². The number of hydrogen-bond donors (Lipinski definition) is 5. The zero-order valence-corrected chi connectivity index (χ0v) is 13.6. The lowest BCUT2D eigenvalue weighted by Crippen LogP contribution is -2.60. The lowest BCUT2D eigenvalue weighted by Gasteiger charge is -2.42. The highest BCUT2D eigenvalue weighted by Crippen LogP contribution is 2.29. The molecule has 0 aliphatic carbocycles. The Bertz CT molecular complexity index is 411. The Balaban J connectivity index is 2.76. The Morgan fingerprint density at radius 3 is 2.39 bits per heavy atom. The van der Waals surface area contributed by atoms with Gasteiger partial charge in [0.05, 0.1) is 18.3 Å². The molecule has 0 aromatic heterocycles. The van der Waals surface area contributed by atoms with E-state index in [-0.39, 0.29) is 0 Å². The second-order valence-corrected chi connectivity index (χ2v) is 6.23. The van der Waals surface area contributed by atoms with E-state index in [4.69, 9.17) is 9.47 Å². The van der Waals surface area contributed by atoms with Crippen molar-refractivity contribution in [1.29, 1.82) is 0 Å². The largest absolute Gasteiger partial charge is 0.394 e. The first-order chi connectivity index (χ1) is 10.6. The van der Waals surface area contributed by atoms with E-state index in [0.29, 0.717) is 18.4 Å². The number of rotatable bonds is 8. The molecular weight excluding hydrogens is 304 g/mol. The van der Waals surface area contributed by atoms with Crippen LogP contribution in [0.15, 0.2) is 24.8 Å². The van der Waals surface area contributed by atoms with Gasteiger partial charge in [0.15, 0.2) is 6.29 Å². The van der Waals surface area contributed by atoms with Gasteiger partial charge >= 0.3 is 0 Å². The van der Waals surface area contributed by atoms with E-state index in [1.165, 1.54) is 6.08 Å². The first-order valence-corrected chi connectivity index (χ1v) is 7.60. The monoisotopic (exact) mass is 332 g/mol. The standard InChI is InChI=1S/C16H28O7/c1-5-16(4,7-6-10(18)9(2)3)23-15-14(21)13(20)12(19)11(8-17)22-15/h5,10-15,17-21H,1-2,6-8H2,3-4H3/t10-,11-,12-,13+,14-,15+,16-/m1/s1. The Morgan fingerprint density at radius 2 is 1.91 bits per heavy atom. The van der Waals surface area contributed by atoms with Gasteiger partial charge in [0, 0.05) is 0 Å². The third-order valence-electron chi connectivity index (χ3n) is 4.15. The molecule has 1 fully saturated rings. The number of aliphatic hydroxyl groups excluding tert-OH is 5. The van der Waals surface area contributed by atoms with Crippen LogP contribution in [0, 0.1) is 0 Å². The maximum absolute atomic E-state index is 10.0. The molecule has 0 amide bonds. The molecule has 0 radical (unpaired) electrons. The van der Waals surface area contributed by atoms with Crippen LogP contribution in [0.2, 0.25) is 0 Å². The van der Waals surface area contributed by atoms with Crippen molar-refractivity contribution in [2.45, 2.75) is 69.1 Å². The normalized spacial score (nSPS) is 35.3. The highest BCUT2D eigenvalue weighted by molar-refractivity contribution is 5.01. The summed E-state index contributed by atoms with van der Waals surface area (Å²) in [5.74, 6) is 0. The first kappa shape index (κ1) is 20.2. The van der Waals surface area contributed by atoms with Crippen LogP contribution in [-0.2, 0) is 9.47 Å². The van der Waals surface area contributed by atoms with Crippen molar-refractivity contribution >= 4 is 0 Å². The molecule has 1 aliphatic rings. The van der Waals surface area contributed by atoms with Gasteiger partial charge in [0.1, 0.15) is 24.4 Å². The SMILES string of the molecule is C=C[C@](C)(CC[C@@H](O)C(=C)C)O[C@@H]1O[C@H](CO)[C@@H](O)[C@H](O)[C@H]1O. The Morgan fingerprint density at radius 1 is 1.30 bits per heavy atom. The van der Waals surface area contributed by atoms with Gasteiger partial charge in [-0.2, -0.15) is 0 Å². The van der Waals surface area contributed by atoms with Gasteiger partial charge in [-0.15, -0.1) is 6.58 Å². The summed E-state index contributed by atoms with van der Waals surface area (Å²) in [5, 5.41) is 48.5. The molecule has 1 heterocycles. The molecule has 0 spiro atoms. The van der Waals surface area contributed by atoms with Crippen LogP contribution < -0.4 is 0 Å². The molecule has 0 aromatic carbocycles. The van der Waals surface area contributed by atoms with Crippen LogP contribution in [0.1, 0.15) is 26.7 Å². The van der Waals surface area contributed by atoms with E-state index >= 15 is 0 Å². The summed E-state index contributed by atoms with van der Waals surface area (Å²) < 4.78 is 11.0. The Kier molecular flexibility index (Phi) is 7.34. The zero-order chi connectivity index (χ0) is 17.8. The van der Waals surface area contributed by atoms with E-state index in [9.17, 15) is 25.5 Å². The first-order valence-electron chi connectivity index (χ1n) is 7.60. The van der Waals surface area contributed by atoms with E-state index in [2.05, 4.69) is 13.2 Å². The van der Waals surface area contributed by atoms with Crippen LogP contribution in [-0.4, -0.2) is 74.6 Å². The number of hydrogen-bond acceptors (Lipinski definition) is 7. The molecular formula is C16H28O7. The summed E-state index contributed by atoms with van der Waals surface area (Å²) >= 11 is 0. The highest BCUT2D eigenvalue weighted by atomic mass is 16.7. The fourth-order valence-corrected chi connectivity index (χ4v) is 2.31. The molecule has 23 heavy (non-hydrogen) atoms. The molecule has 7 nitrogen and oxygen atoms in total. The minimum atomic E-state index is -1.50. The lowest BCUT2D eigenvalue weighted by atomic mass is 9.94. The van der Waals surface area contributed by atoms with Gasteiger partial charge in [-0.1, -0.05) is 18.2 Å². The summed E-state index contributed by atoms with van der Waals surface area (Å²) in [7, 11) is 0. The zero-order valence-electron chi connectivity index (χ0n) is 13.6. The predicted molar refractivity (Wildman–Crippen MR) is 83.5 cm³/mol. The molecule has 5 N–H and O–H groups in total. The maximum Gasteiger partial charge on any atom is 0.187 e. The molecule has 0 bridgehead atoms.